The first-order valence-corrected chi connectivity index (χ1v) is 6.08. The smallest absolute Gasteiger partial charge is 0.159 e. The Morgan fingerprint density at radius 3 is 2.42 bits per heavy atom. The van der Waals surface area contributed by atoms with Crippen molar-refractivity contribution in [3.05, 3.63) is 57.8 Å². The molecule has 0 aliphatic rings. The Hall–Kier alpha value is -1.69. The molecular weight excluding hydrogens is 323 g/mol. The van der Waals surface area contributed by atoms with Gasteiger partial charge in [0.1, 0.15) is 18.2 Å². The van der Waals surface area contributed by atoms with E-state index in [1.54, 1.807) is 0 Å². The number of rotatable bonds is 3. The van der Waals surface area contributed by atoms with Crippen LogP contribution in [-0.2, 0) is 6.61 Å². The largest absolute Gasteiger partial charge is 0.488 e. The number of anilines is 1. The van der Waals surface area contributed by atoms with E-state index in [1.807, 2.05) is 0 Å². The van der Waals surface area contributed by atoms with E-state index in [2.05, 4.69) is 15.9 Å². The molecule has 2 aromatic carbocycles. The minimum absolute atomic E-state index is 0.00736. The zero-order chi connectivity index (χ0) is 14.0. The molecule has 0 saturated carbocycles. The van der Waals surface area contributed by atoms with E-state index in [9.17, 15) is 13.2 Å². The molecule has 6 heteroatoms. The molecule has 2 aromatic rings. The van der Waals surface area contributed by atoms with Gasteiger partial charge in [-0.25, -0.2) is 13.2 Å². The number of nitrogens with two attached hydrogens (primary N) is 1. The van der Waals surface area contributed by atoms with Crippen molar-refractivity contribution in [1.29, 1.82) is 0 Å². The monoisotopic (exact) mass is 331 g/mol. The lowest BCUT2D eigenvalue weighted by Gasteiger charge is -2.09. The third kappa shape index (κ3) is 3.20. The average Bonchev–Trinajstić information content (AvgIpc) is 2.36. The summed E-state index contributed by atoms with van der Waals surface area (Å²) in [5.74, 6) is -2.26. The summed E-state index contributed by atoms with van der Waals surface area (Å²) in [6, 6.07) is 5.92. The molecule has 0 heterocycles. The predicted octanol–water partition coefficient (Wildman–Crippen LogP) is 4.03. The zero-order valence-electron chi connectivity index (χ0n) is 9.59. The molecule has 2 nitrogen and oxygen atoms in total. The first-order valence-electron chi connectivity index (χ1n) is 5.28. The minimum atomic E-state index is -0.955. The Morgan fingerprint density at radius 1 is 1.00 bits per heavy atom. The van der Waals surface area contributed by atoms with Gasteiger partial charge in [0, 0.05) is 6.07 Å². The average molecular weight is 332 g/mol. The topological polar surface area (TPSA) is 35.2 Å². The van der Waals surface area contributed by atoms with Crippen LogP contribution in [0.3, 0.4) is 0 Å². The predicted molar refractivity (Wildman–Crippen MR) is 69.2 cm³/mol. The van der Waals surface area contributed by atoms with Crippen molar-refractivity contribution < 1.29 is 17.9 Å². The molecule has 0 aliphatic carbocycles. The van der Waals surface area contributed by atoms with Crippen molar-refractivity contribution in [3.8, 4) is 5.75 Å². The molecule has 0 atom stereocenters. The lowest BCUT2D eigenvalue weighted by atomic mass is 10.2. The highest BCUT2D eigenvalue weighted by Crippen LogP contribution is 2.30. The standard InChI is InChI=1S/C13H9BrF3NO/c14-8-4-12(18)11(17)5-13(8)19-6-7-1-2-9(15)10(16)3-7/h1-5H,6,18H2. The van der Waals surface area contributed by atoms with Crippen LogP contribution in [0.5, 0.6) is 5.75 Å². The fourth-order valence-electron chi connectivity index (χ4n) is 1.45. The molecule has 0 radical (unpaired) electrons. The van der Waals surface area contributed by atoms with Crippen LogP contribution in [0.1, 0.15) is 5.56 Å². The summed E-state index contributed by atoms with van der Waals surface area (Å²) in [4.78, 5) is 0. The minimum Gasteiger partial charge on any atom is -0.488 e. The number of nitrogen functional groups attached to an aromatic ring is 1. The quantitative estimate of drug-likeness (QED) is 0.862. The maximum atomic E-state index is 13.3. The van der Waals surface area contributed by atoms with Crippen LogP contribution in [0, 0.1) is 17.5 Å². The van der Waals surface area contributed by atoms with E-state index in [-0.39, 0.29) is 18.0 Å². The normalized spacial score (nSPS) is 10.5. The van der Waals surface area contributed by atoms with E-state index in [0.29, 0.717) is 10.0 Å². The third-order valence-electron chi connectivity index (χ3n) is 2.43. The molecule has 2 rings (SSSR count). The number of hydrogen-bond donors (Lipinski definition) is 1. The van der Waals surface area contributed by atoms with Gasteiger partial charge in [0.2, 0.25) is 0 Å². The van der Waals surface area contributed by atoms with E-state index in [4.69, 9.17) is 10.5 Å². The van der Waals surface area contributed by atoms with Gasteiger partial charge in [-0.3, -0.25) is 0 Å². The molecule has 0 bridgehead atoms. The van der Waals surface area contributed by atoms with Gasteiger partial charge < -0.3 is 10.5 Å². The lowest BCUT2D eigenvalue weighted by Crippen LogP contribution is -1.99. The SMILES string of the molecule is Nc1cc(Br)c(OCc2ccc(F)c(F)c2)cc1F. The maximum absolute atomic E-state index is 13.3. The highest BCUT2D eigenvalue weighted by atomic mass is 79.9. The van der Waals surface area contributed by atoms with E-state index < -0.39 is 17.5 Å². The second kappa shape index (κ2) is 5.52. The summed E-state index contributed by atoms with van der Waals surface area (Å²) in [5.41, 5.74) is 5.81. The Balaban J connectivity index is 2.14. The van der Waals surface area contributed by atoms with Crippen LogP contribution in [-0.4, -0.2) is 0 Å². The summed E-state index contributed by atoms with van der Waals surface area (Å²) >= 11 is 3.18. The van der Waals surface area contributed by atoms with Gasteiger partial charge in [-0.2, -0.15) is 0 Å². The summed E-state index contributed by atoms with van der Waals surface area (Å²) in [6.07, 6.45) is 0. The fourth-order valence-corrected chi connectivity index (χ4v) is 1.92. The second-order valence-corrected chi connectivity index (χ2v) is 4.70. The van der Waals surface area contributed by atoms with Crippen LogP contribution in [0.15, 0.2) is 34.8 Å². The van der Waals surface area contributed by atoms with Gasteiger partial charge in [0.25, 0.3) is 0 Å². The first-order chi connectivity index (χ1) is 8.97. The van der Waals surface area contributed by atoms with Crippen LogP contribution in [0.4, 0.5) is 18.9 Å². The molecule has 2 N–H and O–H groups in total. The third-order valence-corrected chi connectivity index (χ3v) is 3.05. The van der Waals surface area contributed by atoms with Gasteiger partial charge in [-0.05, 0) is 39.7 Å². The molecule has 0 unspecified atom stereocenters. The van der Waals surface area contributed by atoms with Crippen LogP contribution >= 0.6 is 15.9 Å². The lowest BCUT2D eigenvalue weighted by molar-refractivity contribution is 0.301. The number of ether oxygens (including phenoxy) is 1. The molecule has 19 heavy (non-hydrogen) atoms. The van der Waals surface area contributed by atoms with Crippen molar-refractivity contribution in [2.75, 3.05) is 5.73 Å². The molecule has 0 aromatic heterocycles. The van der Waals surface area contributed by atoms with Gasteiger partial charge in [0.15, 0.2) is 11.6 Å². The number of hydrogen-bond acceptors (Lipinski definition) is 2. The van der Waals surface area contributed by atoms with Crippen molar-refractivity contribution in [3.63, 3.8) is 0 Å². The van der Waals surface area contributed by atoms with Crippen molar-refractivity contribution in [2.24, 2.45) is 0 Å². The van der Waals surface area contributed by atoms with Gasteiger partial charge in [0.05, 0.1) is 10.2 Å². The molecule has 0 aliphatic heterocycles. The summed E-state index contributed by atoms with van der Waals surface area (Å²) in [5, 5.41) is 0. The summed E-state index contributed by atoms with van der Waals surface area (Å²) in [6.45, 7) is -0.0147. The highest BCUT2D eigenvalue weighted by molar-refractivity contribution is 9.10. The molecule has 0 fully saturated rings. The number of halogens is 4. The Morgan fingerprint density at radius 2 is 1.74 bits per heavy atom. The molecular formula is C13H9BrF3NO. The number of benzene rings is 2. The van der Waals surface area contributed by atoms with Gasteiger partial charge in [-0.15, -0.1) is 0 Å². The van der Waals surface area contributed by atoms with E-state index in [1.165, 1.54) is 12.1 Å². The maximum Gasteiger partial charge on any atom is 0.159 e. The molecule has 0 spiro atoms. The fraction of sp³-hybridized carbons (Fsp3) is 0.0769. The van der Waals surface area contributed by atoms with Crippen molar-refractivity contribution >= 4 is 21.6 Å². The van der Waals surface area contributed by atoms with Crippen LogP contribution < -0.4 is 10.5 Å². The Labute approximate surface area is 116 Å². The zero-order valence-corrected chi connectivity index (χ0v) is 11.2. The van der Waals surface area contributed by atoms with Crippen LogP contribution in [0.2, 0.25) is 0 Å². The van der Waals surface area contributed by atoms with Crippen LogP contribution in [0.25, 0.3) is 0 Å². The van der Waals surface area contributed by atoms with E-state index in [0.717, 1.165) is 18.2 Å². The molecule has 0 saturated heterocycles. The second-order valence-electron chi connectivity index (χ2n) is 3.84. The summed E-state index contributed by atoms with van der Waals surface area (Å²) in [7, 11) is 0. The first kappa shape index (κ1) is 13.7. The molecule has 100 valence electrons. The van der Waals surface area contributed by atoms with Gasteiger partial charge in [-0.1, -0.05) is 6.07 Å². The van der Waals surface area contributed by atoms with Crippen molar-refractivity contribution in [1.82, 2.24) is 0 Å². The molecule has 0 amide bonds. The summed E-state index contributed by atoms with van der Waals surface area (Å²) < 4.78 is 44.8. The highest BCUT2D eigenvalue weighted by Gasteiger charge is 2.08. The van der Waals surface area contributed by atoms with E-state index >= 15 is 0 Å². The van der Waals surface area contributed by atoms with Crippen molar-refractivity contribution in [2.45, 2.75) is 6.61 Å². The Bertz CT molecular complexity index is 619. The van der Waals surface area contributed by atoms with Gasteiger partial charge >= 0.3 is 0 Å². The Kier molecular flexibility index (Phi) is 3.99.